The van der Waals surface area contributed by atoms with Crippen LogP contribution in [0.1, 0.15) is 29.8 Å². The Hall–Kier alpha value is -1.68. The molecule has 19 heavy (non-hydrogen) atoms. The average molecular weight is 261 g/mol. The Bertz CT molecular complexity index is 548. The normalized spacial score (nSPS) is 12.6. The largest absolute Gasteiger partial charge is 0.310 e. The Labute approximate surface area is 113 Å². The molecule has 1 unspecified atom stereocenters. The molecule has 0 bridgehead atoms. The smallest absolute Gasteiger partial charge is 0.126 e. The first kappa shape index (κ1) is 13.7. The molecule has 0 amide bonds. The fourth-order valence-electron chi connectivity index (χ4n) is 2.28. The van der Waals surface area contributed by atoms with Gasteiger partial charge in [-0.15, -0.1) is 0 Å². The topological polar surface area (TPSA) is 29.9 Å². The third-order valence-electron chi connectivity index (χ3n) is 3.48. The highest BCUT2D eigenvalue weighted by atomic mass is 19.1. The van der Waals surface area contributed by atoms with Crippen LogP contribution in [0, 0.1) is 12.7 Å². The summed E-state index contributed by atoms with van der Waals surface area (Å²) < 4.78 is 15.6. The van der Waals surface area contributed by atoms with Gasteiger partial charge in [0.05, 0.1) is 6.20 Å². The van der Waals surface area contributed by atoms with Crippen LogP contribution in [0.25, 0.3) is 0 Å². The van der Waals surface area contributed by atoms with Crippen molar-refractivity contribution >= 4 is 0 Å². The maximum atomic E-state index is 13.8. The van der Waals surface area contributed by atoms with Gasteiger partial charge < -0.3 is 5.32 Å². The number of aromatic nitrogens is 2. The molecule has 0 saturated carbocycles. The van der Waals surface area contributed by atoms with E-state index in [2.05, 4.69) is 17.3 Å². The monoisotopic (exact) mass is 261 g/mol. The van der Waals surface area contributed by atoms with Gasteiger partial charge in [0.1, 0.15) is 5.82 Å². The van der Waals surface area contributed by atoms with Gasteiger partial charge in [-0.05, 0) is 31.5 Å². The van der Waals surface area contributed by atoms with Crippen LogP contribution in [0.5, 0.6) is 0 Å². The van der Waals surface area contributed by atoms with Crippen LogP contribution in [0.15, 0.2) is 30.5 Å². The second kappa shape index (κ2) is 5.97. The van der Waals surface area contributed by atoms with Gasteiger partial charge in [0, 0.05) is 24.3 Å². The second-order valence-electron chi connectivity index (χ2n) is 4.71. The van der Waals surface area contributed by atoms with Crippen molar-refractivity contribution < 1.29 is 4.39 Å². The van der Waals surface area contributed by atoms with Gasteiger partial charge >= 0.3 is 0 Å². The molecule has 2 aromatic rings. The maximum absolute atomic E-state index is 13.8. The van der Waals surface area contributed by atoms with Crippen LogP contribution in [0.4, 0.5) is 4.39 Å². The van der Waals surface area contributed by atoms with E-state index in [1.165, 1.54) is 6.07 Å². The number of hydrogen-bond donors (Lipinski definition) is 1. The van der Waals surface area contributed by atoms with Gasteiger partial charge in [-0.25, -0.2) is 4.39 Å². The number of nitrogens with one attached hydrogen (secondary N) is 1. The maximum Gasteiger partial charge on any atom is 0.126 e. The summed E-state index contributed by atoms with van der Waals surface area (Å²) in [4.78, 5) is 0. The first-order valence-corrected chi connectivity index (χ1v) is 6.58. The fraction of sp³-hybridized carbons (Fsp3) is 0.400. The quantitative estimate of drug-likeness (QED) is 0.897. The van der Waals surface area contributed by atoms with Crippen LogP contribution in [0.3, 0.4) is 0 Å². The third-order valence-corrected chi connectivity index (χ3v) is 3.48. The SMILES string of the molecule is CCNC(Cc1ccccc1F)c1cnn(C)c1C. The van der Waals surface area contributed by atoms with E-state index in [0.717, 1.165) is 23.4 Å². The molecule has 2 rings (SSSR count). The number of halogens is 1. The molecule has 1 atom stereocenters. The Morgan fingerprint density at radius 2 is 2.11 bits per heavy atom. The van der Waals surface area contributed by atoms with Crippen molar-refractivity contribution in [3.63, 3.8) is 0 Å². The van der Waals surface area contributed by atoms with Crippen molar-refractivity contribution in [2.75, 3.05) is 6.54 Å². The van der Waals surface area contributed by atoms with E-state index in [4.69, 9.17) is 0 Å². The van der Waals surface area contributed by atoms with E-state index in [0.29, 0.717) is 6.42 Å². The molecule has 0 radical (unpaired) electrons. The molecular weight excluding hydrogens is 241 g/mol. The Balaban J connectivity index is 2.26. The highest BCUT2D eigenvalue weighted by Gasteiger charge is 2.17. The average Bonchev–Trinajstić information content (AvgIpc) is 2.72. The van der Waals surface area contributed by atoms with E-state index in [1.807, 2.05) is 37.0 Å². The molecule has 0 aliphatic carbocycles. The lowest BCUT2D eigenvalue weighted by Gasteiger charge is -2.18. The predicted molar refractivity (Wildman–Crippen MR) is 74.5 cm³/mol. The predicted octanol–water partition coefficient (Wildman–Crippen LogP) is 2.76. The first-order chi connectivity index (χ1) is 9.13. The lowest BCUT2D eigenvalue weighted by Crippen LogP contribution is -2.23. The number of rotatable bonds is 5. The summed E-state index contributed by atoms with van der Waals surface area (Å²) in [5, 5.41) is 7.68. The van der Waals surface area contributed by atoms with E-state index in [-0.39, 0.29) is 11.9 Å². The molecule has 1 N–H and O–H groups in total. The summed E-state index contributed by atoms with van der Waals surface area (Å²) >= 11 is 0. The summed E-state index contributed by atoms with van der Waals surface area (Å²) in [7, 11) is 1.92. The zero-order valence-electron chi connectivity index (χ0n) is 11.7. The third kappa shape index (κ3) is 3.01. The molecule has 1 heterocycles. The summed E-state index contributed by atoms with van der Waals surface area (Å²) in [5.41, 5.74) is 2.98. The molecule has 102 valence electrons. The van der Waals surface area contributed by atoms with Gasteiger partial charge in [0.15, 0.2) is 0 Å². The number of benzene rings is 1. The minimum Gasteiger partial charge on any atom is -0.310 e. The van der Waals surface area contributed by atoms with Crippen LogP contribution >= 0.6 is 0 Å². The molecule has 0 aliphatic rings. The van der Waals surface area contributed by atoms with Gasteiger partial charge in [-0.1, -0.05) is 25.1 Å². The van der Waals surface area contributed by atoms with Gasteiger partial charge in [-0.2, -0.15) is 5.10 Å². The molecule has 1 aromatic carbocycles. The van der Waals surface area contributed by atoms with Crippen LogP contribution < -0.4 is 5.32 Å². The number of aryl methyl sites for hydroxylation is 1. The van der Waals surface area contributed by atoms with Gasteiger partial charge in [-0.3, -0.25) is 4.68 Å². The van der Waals surface area contributed by atoms with E-state index in [1.54, 1.807) is 6.07 Å². The molecule has 0 saturated heterocycles. The summed E-state index contributed by atoms with van der Waals surface area (Å²) in [6, 6.07) is 7.03. The lowest BCUT2D eigenvalue weighted by atomic mass is 9.99. The van der Waals surface area contributed by atoms with Crippen LogP contribution in [-0.2, 0) is 13.5 Å². The minimum absolute atomic E-state index is 0.0931. The Morgan fingerprint density at radius 1 is 1.37 bits per heavy atom. The molecule has 1 aromatic heterocycles. The molecule has 0 fully saturated rings. The zero-order valence-corrected chi connectivity index (χ0v) is 11.7. The molecule has 3 nitrogen and oxygen atoms in total. The lowest BCUT2D eigenvalue weighted by molar-refractivity contribution is 0.525. The molecular formula is C15H20FN3. The van der Waals surface area contributed by atoms with Crippen molar-refractivity contribution in [1.82, 2.24) is 15.1 Å². The van der Waals surface area contributed by atoms with Crippen molar-refractivity contribution in [3.05, 3.63) is 53.1 Å². The van der Waals surface area contributed by atoms with E-state index in [9.17, 15) is 4.39 Å². The van der Waals surface area contributed by atoms with E-state index < -0.39 is 0 Å². The van der Waals surface area contributed by atoms with Crippen LogP contribution in [-0.4, -0.2) is 16.3 Å². The van der Waals surface area contributed by atoms with E-state index >= 15 is 0 Å². The Morgan fingerprint density at radius 3 is 2.68 bits per heavy atom. The standard InChI is InChI=1S/C15H20FN3/c1-4-17-15(13-10-18-19(3)11(13)2)9-12-7-5-6-8-14(12)16/h5-8,10,15,17H,4,9H2,1-3H3. The van der Waals surface area contributed by atoms with Crippen molar-refractivity contribution in [3.8, 4) is 0 Å². The van der Waals surface area contributed by atoms with Crippen LogP contribution in [0.2, 0.25) is 0 Å². The highest BCUT2D eigenvalue weighted by molar-refractivity contribution is 5.25. The Kier molecular flexibility index (Phi) is 4.32. The summed E-state index contributed by atoms with van der Waals surface area (Å²) in [6.07, 6.45) is 2.50. The first-order valence-electron chi connectivity index (χ1n) is 6.58. The van der Waals surface area contributed by atoms with Gasteiger partial charge in [0.25, 0.3) is 0 Å². The zero-order chi connectivity index (χ0) is 13.8. The van der Waals surface area contributed by atoms with Gasteiger partial charge in [0.2, 0.25) is 0 Å². The summed E-state index contributed by atoms with van der Waals surface area (Å²) in [6.45, 7) is 4.93. The molecule has 0 spiro atoms. The number of likely N-dealkylation sites (N-methyl/N-ethyl adjacent to an activating group) is 1. The molecule has 0 aliphatic heterocycles. The number of hydrogen-bond acceptors (Lipinski definition) is 2. The second-order valence-corrected chi connectivity index (χ2v) is 4.71. The minimum atomic E-state index is -0.146. The number of nitrogens with zero attached hydrogens (tertiary/aromatic N) is 2. The van der Waals surface area contributed by atoms with Crippen molar-refractivity contribution in [1.29, 1.82) is 0 Å². The molecule has 4 heteroatoms. The fourth-order valence-corrected chi connectivity index (χ4v) is 2.28. The van der Waals surface area contributed by atoms with Crippen molar-refractivity contribution in [2.45, 2.75) is 26.3 Å². The summed E-state index contributed by atoms with van der Waals surface area (Å²) in [5.74, 6) is -0.146. The highest BCUT2D eigenvalue weighted by Crippen LogP contribution is 2.22. The van der Waals surface area contributed by atoms with Crippen molar-refractivity contribution in [2.24, 2.45) is 7.05 Å².